The van der Waals surface area contributed by atoms with Crippen molar-refractivity contribution in [3.63, 3.8) is 0 Å². The van der Waals surface area contributed by atoms with Crippen molar-refractivity contribution < 1.29 is 23.4 Å². The molecular formula is C18H22N4O5S. The minimum absolute atomic E-state index is 0.0680. The molecule has 0 saturated heterocycles. The molecule has 0 atom stereocenters. The molecule has 0 bridgehead atoms. The fraction of sp³-hybridized carbons (Fsp3) is 0.444. The predicted octanol–water partition coefficient (Wildman–Crippen LogP) is 2.62. The summed E-state index contributed by atoms with van der Waals surface area (Å²) in [5.41, 5.74) is -0.309. The maximum absolute atomic E-state index is 12.3. The van der Waals surface area contributed by atoms with Gasteiger partial charge in [0, 0.05) is 12.6 Å². The van der Waals surface area contributed by atoms with Gasteiger partial charge in [0.15, 0.2) is 11.5 Å². The molecule has 0 N–H and O–H groups in total. The number of amides is 1. The second-order valence-corrected chi connectivity index (χ2v) is 7.13. The molecule has 2 rings (SSSR count). The van der Waals surface area contributed by atoms with E-state index in [2.05, 4.69) is 16.3 Å². The van der Waals surface area contributed by atoms with Gasteiger partial charge in [-0.15, -0.1) is 10.2 Å². The molecule has 0 aliphatic rings. The SMILES string of the molecule is COc1cc(-c2nnc(SCC(=O)N(C)C(C)(C)C#N)o2)cc(OC)c1OC. The fourth-order valence-corrected chi connectivity index (χ4v) is 2.87. The average molecular weight is 406 g/mol. The van der Waals surface area contributed by atoms with Gasteiger partial charge in [-0.05, 0) is 26.0 Å². The van der Waals surface area contributed by atoms with Crippen molar-refractivity contribution in [1.82, 2.24) is 15.1 Å². The summed E-state index contributed by atoms with van der Waals surface area (Å²) in [6.07, 6.45) is 0. The molecule has 9 nitrogen and oxygen atoms in total. The lowest BCUT2D eigenvalue weighted by Gasteiger charge is -2.28. The van der Waals surface area contributed by atoms with Crippen LogP contribution in [0, 0.1) is 11.3 Å². The third-order valence-electron chi connectivity index (χ3n) is 4.12. The van der Waals surface area contributed by atoms with E-state index in [0.29, 0.717) is 22.8 Å². The van der Waals surface area contributed by atoms with Crippen LogP contribution < -0.4 is 14.2 Å². The van der Waals surface area contributed by atoms with Crippen molar-refractivity contribution in [1.29, 1.82) is 5.26 Å². The lowest BCUT2D eigenvalue weighted by Crippen LogP contribution is -2.44. The molecule has 1 amide bonds. The summed E-state index contributed by atoms with van der Waals surface area (Å²) in [7, 11) is 6.13. The van der Waals surface area contributed by atoms with Crippen molar-refractivity contribution in [2.45, 2.75) is 24.6 Å². The van der Waals surface area contributed by atoms with Crippen LogP contribution in [0.1, 0.15) is 13.8 Å². The van der Waals surface area contributed by atoms with Gasteiger partial charge in [-0.2, -0.15) is 5.26 Å². The summed E-state index contributed by atoms with van der Waals surface area (Å²) in [5.74, 6) is 1.47. The van der Waals surface area contributed by atoms with Crippen LogP contribution >= 0.6 is 11.8 Å². The maximum atomic E-state index is 12.3. The Balaban J connectivity index is 2.17. The van der Waals surface area contributed by atoms with E-state index < -0.39 is 5.54 Å². The normalized spacial score (nSPS) is 10.9. The Kier molecular flexibility index (Phi) is 6.75. The Morgan fingerprint density at radius 2 is 1.82 bits per heavy atom. The van der Waals surface area contributed by atoms with Crippen LogP contribution in [0.2, 0.25) is 0 Å². The summed E-state index contributed by atoms with van der Waals surface area (Å²) in [5, 5.41) is 17.3. The molecular weight excluding hydrogens is 384 g/mol. The van der Waals surface area contributed by atoms with E-state index >= 15 is 0 Å². The van der Waals surface area contributed by atoms with Gasteiger partial charge < -0.3 is 23.5 Å². The molecule has 0 aliphatic carbocycles. The van der Waals surface area contributed by atoms with Crippen LogP contribution in [0.5, 0.6) is 17.2 Å². The van der Waals surface area contributed by atoms with Crippen LogP contribution in [-0.2, 0) is 4.79 Å². The number of ether oxygens (including phenoxy) is 3. The van der Waals surface area contributed by atoms with Crippen molar-refractivity contribution in [2.24, 2.45) is 0 Å². The highest BCUT2D eigenvalue weighted by Gasteiger charge is 2.27. The van der Waals surface area contributed by atoms with E-state index in [1.807, 2.05) is 0 Å². The molecule has 10 heteroatoms. The molecule has 0 aliphatic heterocycles. The molecule has 0 radical (unpaired) electrons. The van der Waals surface area contributed by atoms with E-state index in [9.17, 15) is 4.79 Å². The predicted molar refractivity (Wildman–Crippen MR) is 103 cm³/mol. The van der Waals surface area contributed by atoms with Crippen molar-refractivity contribution >= 4 is 17.7 Å². The zero-order valence-corrected chi connectivity index (χ0v) is 17.4. The monoisotopic (exact) mass is 406 g/mol. The van der Waals surface area contributed by atoms with Crippen LogP contribution in [0.4, 0.5) is 0 Å². The quantitative estimate of drug-likeness (QED) is 0.611. The topological polar surface area (TPSA) is 111 Å². The number of nitrogens with zero attached hydrogens (tertiary/aromatic N) is 4. The molecule has 2 aromatic rings. The van der Waals surface area contributed by atoms with Crippen molar-refractivity contribution in [2.75, 3.05) is 34.1 Å². The standard InChI is InChI=1S/C18H22N4O5S/c1-18(2,10-19)22(3)14(23)9-28-17-21-20-16(27-17)11-7-12(24-4)15(26-6)13(8-11)25-5/h7-8H,9H2,1-6H3. The summed E-state index contributed by atoms with van der Waals surface area (Å²) in [6, 6.07) is 5.47. The third-order valence-corrected chi connectivity index (χ3v) is 4.93. The van der Waals surface area contributed by atoms with Gasteiger partial charge in [-0.25, -0.2) is 0 Å². The first-order valence-electron chi connectivity index (χ1n) is 8.22. The van der Waals surface area contributed by atoms with Crippen LogP contribution in [-0.4, -0.2) is 60.7 Å². The minimum Gasteiger partial charge on any atom is -0.493 e. The van der Waals surface area contributed by atoms with E-state index in [1.54, 1.807) is 33.0 Å². The summed E-state index contributed by atoms with van der Waals surface area (Å²) >= 11 is 1.10. The van der Waals surface area contributed by atoms with Gasteiger partial charge in [-0.3, -0.25) is 4.79 Å². The van der Waals surface area contributed by atoms with Gasteiger partial charge in [0.2, 0.25) is 17.5 Å². The summed E-state index contributed by atoms with van der Waals surface area (Å²) < 4.78 is 21.6. The van der Waals surface area contributed by atoms with E-state index in [0.717, 1.165) is 11.8 Å². The average Bonchev–Trinajstić information content (AvgIpc) is 3.19. The lowest BCUT2D eigenvalue weighted by atomic mass is 10.1. The first kappa shape index (κ1) is 21.4. The van der Waals surface area contributed by atoms with Gasteiger partial charge in [0.1, 0.15) is 5.54 Å². The zero-order valence-electron chi connectivity index (χ0n) is 16.6. The van der Waals surface area contributed by atoms with Gasteiger partial charge >= 0.3 is 0 Å². The summed E-state index contributed by atoms with van der Waals surface area (Å²) in [4.78, 5) is 13.6. The zero-order chi connectivity index (χ0) is 20.9. The Morgan fingerprint density at radius 1 is 1.21 bits per heavy atom. The highest BCUT2D eigenvalue weighted by molar-refractivity contribution is 7.99. The third kappa shape index (κ3) is 4.48. The highest BCUT2D eigenvalue weighted by Crippen LogP contribution is 2.41. The number of benzene rings is 1. The molecule has 0 spiro atoms. The van der Waals surface area contributed by atoms with Gasteiger partial charge in [0.25, 0.3) is 5.22 Å². The van der Waals surface area contributed by atoms with Crippen molar-refractivity contribution in [3.8, 4) is 34.8 Å². The second-order valence-electron chi connectivity index (χ2n) is 6.20. The highest BCUT2D eigenvalue weighted by atomic mass is 32.2. The number of hydrogen-bond donors (Lipinski definition) is 0. The fourth-order valence-electron chi connectivity index (χ4n) is 2.20. The van der Waals surface area contributed by atoms with Crippen LogP contribution in [0.15, 0.2) is 21.8 Å². The minimum atomic E-state index is -0.895. The number of aromatic nitrogens is 2. The van der Waals surface area contributed by atoms with E-state index in [-0.39, 0.29) is 22.8 Å². The first-order chi connectivity index (χ1) is 13.3. The molecule has 0 fully saturated rings. The molecule has 0 saturated carbocycles. The van der Waals surface area contributed by atoms with Crippen LogP contribution in [0.3, 0.4) is 0 Å². The Hall–Kier alpha value is -2.93. The number of rotatable bonds is 8. The molecule has 1 aromatic heterocycles. The second kappa shape index (κ2) is 8.84. The van der Waals surface area contributed by atoms with Gasteiger partial charge in [-0.1, -0.05) is 11.8 Å². The largest absolute Gasteiger partial charge is 0.493 e. The number of carbonyl (C=O) groups excluding carboxylic acids is 1. The number of carbonyl (C=O) groups is 1. The molecule has 1 aromatic carbocycles. The van der Waals surface area contributed by atoms with Crippen molar-refractivity contribution in [3.05, 3.63) is 12.1 Å². The maximum Gasteiger partial charge on any atom is 0.277 e. The molecule has 1 heterocycles. The molecule has 28 heavy (non-hydrogen) atoms. The van der Waals surface area contributed by atoms with Crippen LogP contribution in [0.25, 0.3) is 11.5 Å². The Morgan fingerprint density at radius 3 is 2.32 bits per heavy atom. The van der Waals surface area contributed by atoms with E-state index in [4.69, 9.17) is 23.9 Å². The lowest BCUT2D eigenvalue weighted by molar-refractivity contribution is -0.130. The first-order valence-corrected chi connectivity index (χ1v) is 9.20. The number of thioether (sulfide) groups is 1. The van der Waals surface area contributed by atoms with Gasteiger partial charge in [0.05, 0.1) is 33.2 Å². The molecule has 150 valence electrons. The van der Waals surface area contributed by atoms with E-state index in [1.165, 1.54) is 26.2 Å². The number of hydrogen-bond acceptors (Lipinski definition) is 9. The molecule has 0 unspecified atom stereocenters. The smallest absolute Gasteiger partial charge is 0.277 e. The number of nitriles is 1. The number of methoxy groups -OCH3 is 3. The Labute approximate surface area is 167 Å². The Bertz CT molecular complexity index is 865. The summed E-state index contributed by atoms with van der Waals surface area (Å²) in [6.45, 7) is 3.34.